The summed E-state index contributed by atoms with van der Waals surface area (Å²) in [5.41, 5.74) is 1.08. The minimum absolute atomic E-state index is 0.380. The topological polar surface area (TPSA) is 62.7 Å². The molecule has 0 radical (unpaired) electrons. The van der Waals surface area contributed by atoms with Gasteiger partial charge in [-0.15, -0.1) is 0 Å². The van der Waals surface area contributed by atoms with Crippen molar-refractivity contribution in [2.24, 2.45) is 0 Å². The van der Waals surface area contributed by atoms with E-state index in [4.69, 9.17) is 4.74 Å². The summed E-state index contributed by atoms with van der Waals surface area (Å²) in [6.07, 6.45) is 2.34. The number of ether oxygens (including phenoxy) is 1. The molecule has 19 heavy (non-hydrogen) atoms. The van der Waals surface area contributed by atoms with Gasteiger partial charge in [0.15, 0.2) is 0 Å². The molecule has 5 heteroatoms. The van der Waals surface area contributed by atoms with Crippen molar-refractivity contribution in [1.82, 2.24) is 9.88 Å². The van der Waals surface area contributed by atoms with Crippen LogP contribution in [0, 0.1) is 0 Å². The third-order valence-corrected chi connectivity index (χ3v) is 2.42. The highest BCUT2D eigenvalue weighted by atomic mass is 16.6. The van der Waals surface area contributed by atoms with E-state index >= 15 is 0 Å². The van der Waals surface area contributed by atoms with Crippen molar-refractivity contribution in [3.05, 3.63) is 29.6 Å². The molecule has 1 rings (SSSR count). The molecule has 1 aromatic rings. The van der Waals surface area contributed by atoms with Gasteiger partial charge in [-0.05, 0) is 44.9 Å². The summed E-state index contributed by atoms with van der Waals surface area (Å²) >= 11 is 0. The maximum atomic E-state index is 11.8. The molecule has 1 aromatic heterocycles. The predicted octanol–water partition coefficient (Wildman–Crippen LogP) is 2.50. The van der Waals surface area contributed by atoms with Crippen LogP contribution in [0.3, 0.4) is 0 Å². The normalized spacial score (nSPS) is 12.9. The molecule has 1 heterocycles. The van der Waals surface area contributed by atoms with Crippen LogP contribution in [0.5, 0.6) is 0 Å². The highest BCUT2D eigenvalue weighted by molar-refractivity contribution is 5.67. The lowest BCUT2D eigenvalue weighted by Crippen LogP contribution is -2.33. The Hall–Kier alpha value is -1.62. The van der Waals surface area contributed by atoms with Crippen LogP contribution >= 0.6 is 0 Å². The van der Waals surface area contributed by atoms with Crippen molar-refractivity contribution in [3.8, 4) is 0 Å². The first-order valence-electron chi connectivity index (χ1n) is 6.25. The molecule has 1 amide bonds. The summed E-state index contributed by atoms with van der Waals surface area (Å²) in [5.74, 6) is 0. The summed E-state index contributed by atoms with van der Waals surface area (Å²) in [7, 11) is 1.67. The van der Waals surface area contributed by atoms with E-state index in [1.54, 1.807) is 26.4 Å². The Morgan fingerprint density at radius 1 is 1.47 bits per heavy atom. The number of hydrogen-bond donors (Lipinski definition) is 1. The fourth-order valence-electron chi connectivity index (χ4n) is 1.50. The number of rotatable bonds is 3. The molecular formula is C14H22N2O3. The molecule has 5 nitrogen and oxygen atoms in total. The second-order valence-corrected chi connectivity index (χ2v) is 5.64. The van der Waals surface area contributed by atoms with Crippen LogP contribution in [0.4, 0.5) is 4.79 Å². The largest absolute Gasteiger partial charge is 0.444 e. The van der Waals surface area contributed by atoms with Crippen LogP contribution in [0.1, 0.15) is 44.9 Å². The maximum Gasteiger partial charge on any atom is 0.410 e. The highest BCUT2D eigenvalue weighted by Crippen LogP contribution is 2.14. The van der Waals surface area contributed by atoms with Gasteiger partial charge in [-0.1, -0.05) is 0 Å². The lowest BCUT2D eigenvalue weighted by atomic mass is 10.1. The van der Waals surface area contributed by atoms with E-state index in [0.29, 0.717) is 6.54 Å². The number of aliphatic hydroxyl groups is 1. The molecule has 0 fully saturated rings. The van der Waals surface area contributed by atoms with Gasteiger partial charge in [0.2, 0.25) is 0 Å². The number of carbonyl (C=O) groups excluding carboxylic acids is 1. The van der Waals surface area contributed by atoms with Crippen molar-refractivity contribution in [1.29, 1.82) is 0 Å². The Bertz CT molecular complexity index is 439. The number of aliphatic hydroxyl groups excluding tert-OH is 1. The molecule has 0 saturated carbocycles. The number of amides is 1. The van der Waals surface area contributed by atoms with Crippen LogP contribution in [0.25, 0.3) is 0 Å². The van der Waals surface area contributed by atoms with Crippen molar-refractivity contribution in [2.45, 2.75) is 45.9 Å². The van der Waals surface area contributed by atoms with E-state index < -0.39 is 11.7 Å². The number of pyridine rings is 1. The van der Waals surface area contributed by atoms with E-state index in [2.05, 4.69) is 4.98 Å². The molecule has 0 spiro atoms. The summed E-state index contributed by atoms with van der Waals surface area (Å²) < 4.78 is 5.27. The van der Waals surface area contributed by atoms with Crippen LogP contribution in [-0.2, 0) is 11.3 Å². The number of carbonyl (C=O) groups is 1. The van der Waals surface area contributed by atoms with E-state index in [9.17, 15) is 9.90 Å². The highest BCUT2D eigenvalue weighted by Gasteiger charge is 2.19. The first-order valence-corrected chi connectivity index (χ1v) is 6.25. The molecule has 0 saturated heterocycles. The second kappa shape index (κ2) is 6.02. The van der Waals surface area contributed by atoms with Crippen LogP contribution in [-0.4, -0.2) is 33.7 Å². The Labute approximate surface area is 114 Å². The molecule has 0 aliphatic rings. The first kappa shape index (κ1) is 15.4. The number of aromatic nitrogens is 1. The van der Waals surface area contributed by atoms with Crippen molar-refractivity contribution < 1.29 is 14.6 Å². The monoisotopic (exact) mass is 266 g/mol. The van der Waals surface area contributed by atoms with Gasteiger partial charge in [0.05, 0.1) is 12.6 Å². The Morgan fingerprint density at radius 2 is 2.11 bits per heavy atom. The maximum absolute atomic E-state index is 11.8. The van der Waals surface area contributed by atoms with Crippen molar-refractivity contribution >= 4 is 6.09 Å². The summed E-state index contributed by atoms with van der Waals surface area (Å²) in [6.45, 7) is 7.55. The van der Waals surface area contributed by atoms with Gasteiger partial charge < -0.3 is 14.7 Å². The Balaban J connectivity index is 2.69. The molecule has 0 bridgehead atoms. The van der Waals surface area contributed by atoms with E-state index in [1.165, 1.54) is 4.90 Å². The summed E-state index contributed by atoms with van der Waals surface area (Å²) in [5, 5.41) is 9.50. The van der Waals surface area contributed by atoms with Gasteiger partial charge in [-0.3, -0.25) is 4.98 Å². The predicted molar refractivity (Wildman–Crippen MR) is 72.6 cm³/mol. The smallest absolute Gasteiger partial charge is 0.410 e. The minimum atomic E-state index is -0.570. The van der Waals surface area contributed by atoms with Crippen molar-refractivity contribution in [2.75, 3.05) is 7.05 Å². The summed E-state index contributed by atoms with van der Waals surface area (Å²) in [4.78, 5) is 17.4. The van der Waals surface area contributed by atoms with Crippen LogP contribution < -0.4 is 0 Å². The summed E-state index contributed by atoms with van der Waals surface area (Å²) in [6, 6.07) is 1.83. The molecule has 0 aliphatic heterocycles. The zero-order valence-corrected chi connectivity index (χ0v) is 12.2. The lowest BCUT2D eigenvalue weighted by Gasteiger charge is -2.24. The standard InChI is InChI=1S/C14H22N2O3/c1-10(17)12-6-11(7-15-8-12)9-16(5)13(18)19-14(2,3)4/h6-8,10,17H,9H2,1-5H3. The van der Waals surface area contributed by atoms with Crippen molar-refractivity contribution in [3.63, 3.8) is 0 Å². The third kappa shape index (κ3) is 5.26. The zero-order valence-electron chi connectivity index (χ0n) is 12.2. The van der Waals surface area contributed by atoms with Crippen LogP contribution in [0.15, 0.2) is 18.5 Å². The average molecular weight is 266 g/mol. The number of nitrogens with zero attached hydrogens (tertiary/aromatic N) is 2. The van der Waals surface area contributed by atoms with E-state index in [1.807, 2.05) is 26.8 Å². The van der Waals surface area contributed by atoms with Crippen LogP contribution in [0.2, 0.25) is 0 Å². The van der Waals surface area contributed by atoms with Gasteiger partial charge in [0.25, 0.3) is 0 Å². The first-order chi connectivity index (χ1) is 8.69. The fraction of sp³-hybridized carbons (Fsp3) is 0.571. The quantitative estimate of drug-likeness (QED) is 0.913. The molecule has 1 atom stereocenters. The SMILES string of the molecule is CC(O)c1cncc(CN(C)C(=O)OC(C)(C)C)c1. The fourth-order valence-corrected chi connectivity index (χ4v) is 1.50. The van der Waals surface area contributed by atoms with Gasteiger partial charge in [0, 0.05) is 19.4 Å². The van der Waals surface area contributed by atoms with E-state index in [-0.39, 0.29) is 6.09 Å². The van der Waals surface area contributed by atoms with Gasteiger partial charge in [0.1, 0.15) is 5.60 Å². The minimum Gasteiger partial charge on any atom is -0.444 e. The molecule has 106 valence electrons. The second-order valence-electron chi connectivity index (χ2n) is 5.64. The molecule has 1 unspecified atom stereocenters. The van der Waals surface area contributed by atoms with E-state index in [0.717, 1.165) is 11.1 Å². The van der Waals surface area contributed by atoms with Gasteiger partial charge in [-0.2, -0.15) is 0 Å². The number of hydrogen-bond acceptors (Lipinski definition) is 4. The van der Waals surface area contributed by atoms with Gasteiger partial charge in [-0.25, -0.2) is 4.79 Å². The average Bonchev–Trinajstić information content (AvgIpc) is 2.27. The third-order valence-electron chi connectivity index (χ3n) is 2.42. The lowest BCUT2D eigenvalue weighted by molar-refractivity contribution is 0.0285. The Kier molecular flexibility index (Phi) is 4.89. The molecule has 0 aliphatic carbocycles. The molecule has 1 N–H and O–H groups in total. The van der Waals surface area contributed by atoms with Gasteiger partial charge >= 0.3 is 6.09 Å². The molecule has 0 aromatic carbocycles. The molecular weight excluding hydrogens is 244 g/mol. The Morgan fingerprint density at radius 3 is 2.63 bits per heavy atom. The zero-order chi connectivity index (χ0) is 14.6.